The zero-order chi connectivity index (χ0) is 11.7. The zero-order valence-electron chi connectivity index (χ0n) is 9.09. The lowest BCUT2D eigenvalue weighted by atomic mass is 10.1. The highest BCUT2D eigenvalue weighted by molar-refractivity contribution is 7.80. The molecule has 1 heterocycles. The summed E-state index contributed by atoms with van der Waals surface area (Å²) < 4.78 is 5.93. The summed E-state index contributed by atoms with van der Waals surface area (Å²) in [5, 5.41) is 3.21. The largest absolute Gasteiger partial charge is 0.476 e. The van der Waals surface area contributed by atoms with Crippen LogP contribution in [0.3, 0.4) is 0 Å². The second-order valence-electron chi connectivity index (χ2n) is 3.89. The molecule has 2 aromatic rings. The SMILES string of the molecule is S=C1Nc2ccccc2OC1c1ccccc1. The van der Waals surface area contributed by atoms with Gasteiger partial charge in [-0.3, -0.25) is 0 Å². The highest BCUT2D eigenvalue weighted by Gasteiger charge is 2.25. The van der Waals surface area contributed by atoms with Crippen LogP contribution < -0.4 is 10.1 Å². The monoisotopic (exact) mass is 241 g/mol. The fraction of sp³-hybridized carbons (Fsp3) is 0.0714. The summed E-state index contributed by atoms with van der Waals surface area (Å²) in [6.07, 6.45) is -0.193. The van der Waals surface area contributed by atoms with E-state index in [-0.39, 0.29) is 6.10 Å². The maximum absolute atomic E-state index is 5.93. The summed E-state index contributed by atoms with van der Waals surface area (Å²) in [5.74, 6) is 0.843. The van der Waals surface area contributed by atoms with Crippen molar-refractivity contribution in [1.82, 2.24) is 0 Å². The number of thiocarbonyl (C=S) groups is 1. The van der Waals surface area contributed by atoms with Crippen molar-refractivity contribution in [3.8, 4) is 5.75 Å². The van der Waals surface area contributed by atoms with Gasteiger partial charge in [-0.2, -0.15) is 0 Å². The second kappa shape index (κ2) is 4.18. The highest BCUT2D eigenvalue weighted by atomic mass is 32.1. The minimum atomic E-state index is -0.193. The normalized spacial score (nSPS) is 17.9. The summed E-state index contributed by atoms with van der Waals surface area (Å²) >= 11 is 5.35. The molecule has 0 bridgehead atoms. The molecule has 2 aromatic carbocycles. The molecular formula is C14H11NOS. The van der Waals surface area contributed by atoms with Crippen molar-refractivity contribution in [2.45, 2.75) is 6.10 Å². The van der Waals surface area contributed by atoms with Crippen molar-refractivity contribution in [2.75, 3.05) is 5.32 Å². The van der Waals surface area contributed by atoms with Gasteiger partial charge in [-0.1, -0.05) is 54.7 Å². The Morgan fingerprint density at radius 3 is 2.47 bits per heavy atom. The first kappa shape index (κ1) is 10.3. The van der Waals surface area contributed by atoms with Crippen molar-refractivity contribution in [3.05, 3.63) is 60.2 Å². The molecule has 84 valence electrons. The van der Waals surface area contributed by atoms with Gasteiger partial charge in [0.1, 0.15) is 10.7 Å². The number of ether oxygens (including phenoxy) is 1. The van der Waals surface area contributed by atoms with E-state index >= 15 is 0 Å². The van der Waals surface area contributed by atoms with Crippen LogP contribution in [-0.4, -0.2) is 4.99 Å². The first-order chi connectivity index (χ1) is 8.34. The summed E-state index contributed by atoms with van der Waals surface area (Å²) in [4.78, 5) is 0.704. The average molecular weight is 241 g/mol. The molecule has 1 atom stereocenters. The van der Waals surface area contributed by atoms with Gasteiger partial charge in [-0.05, 0) is 17.7 Å². The minimum absolute atomic E-state index is 0.193. The lowest BCUT2D eigenvalue weighted by Crippen LogP contribution is -2.28. The lowest BCUT2D eigenvalue weighted by Gasteiger charge is -2.28. The highest BCUT2D eigenvalue weighted by Crippen LogP contribution is 2.34. The predicted octanol–water partition coefficient (Wildman–Crippen LogP) is 3.56. The molecule has 3 rings (SSSR count). The first-order valence-corrected chi connectivity index (χ1v) is 5.87. The Bertz CT molecular complexity index is 553. The maximum Gasteiger partial charge on any atom is 0.174 e. The van der Waals surface area contributed by atoms with E-state index in [0.717, 1.165) is 17.0 Å². The molecule has 0 saturated heterocycles. The van der Waals surface area contributed by atoms with Gasteiger partial charge < -0.3 is 10.1 Å². The lowest BCUT2D eigenvalue weighted by molar-refractivity contribution is 0.272. The summed E-state index contributed by atoms with van der Waals surface area (Å²) in [5.41, 5.74) is 2.00. The van der Waals surface area contributed by atoms with E-state index in [2.05, 4.69) is 5.32 Å². The van der Waals surface area contributed by atoms with E-state index in [4.69, 9.17) is 17.0 Å². The smallest absolute Gasteiger partial charge is 0.174 e. The van der Waals surface area contributed by atoms with Gasteiger partial charge in [-0.15, -0.1) is 0 Å². The van der Waals surface area contributed by atoms with Gasteiger partial charge in [0, 0.05) is 0 Å². The van der Waals surface area contributed by atoms with Crippen LogP contribution in [0, 0.1) is 0 Å². The van der Waals surface area contributed by atoms with Crippen molar-refractivity contribution in [2.24, 2.45) is 0 Å². The fourth-order valence-corrected chi connectivity index (χ4v) is 2.19. The van der Waals surface area contributed by atoms with Crippen LogP contribution in [0.1, 0.15) is 11.7 Å². The third kappa shape index (κ3) is 1.89. The number of para-hydroxylation sites is 2. The minimum Gasteiger partial charge on any atom is -0.476 e. The molecule has 0 aromatic heterocycles. The summed E-state index contributed by atoms with van der Waals surface area (Å²) in [6.45, 7) is 0. The molecule has 1 aliphatic rings. The van der Waals surface area contributed by atoms with Gasteiger partial charge >= 0.3 is 0 Å². The second-order valence-corrected chi connectivity index (χ2v) is 4.33. The van der Waals surface area contributed by atoms with Gasteiger partial charge in [0.25, 0.3) is 0 Å². The Labute approximate surface area is 105 Å². The molecule has 0 aliphatic carbocycles. The number of nitrogens with one attached hydrogen (secondary N) is 1. The van der Waals surface area contributed by atoms with E-state index in [1.165, 1.54) is 0 Å². The van der Waals surface area contributed by atoms with Crippen molar-refractivity contribution in [1.29, 1.82) is 0 Å². The van der Waals surface area contributed by atoms with E-state index in [9.17, 15) is 0 Å². The van der Waals surface area contributed by atoms with Crippen LogP contribution in [-0.2, 0) is 0 Å². The molecule has 3 heteroatoms. The fourth-order valence-electron chi connectivity index (χ4n) is 1.90. The van der Waals surface area contributed by atoms with E-state index in [0.29, 0.717) is 4.99 Å². The van der Waals surface area contributed by atoms with E-state index in [1.807, 2.05) is 54.6 Å². The van der Waals surface area contributed by atoms with Crippen LogP contribution in [0.4, 0.5) is 5.69 Å². The number of hydrogen-bond donors (Lipinski definition) is 1. The molecule has 1 aliphatic heterocycles. The third-order valence-electron chi connectivity index (χ3n) is 2.73. The topological polar surface area (TPSA) is 21.3 Å². The van der Waals surface area contributed by atoms with Gasteiger partial charge in [0.05, 0.1) is 5.69 Å². The molecule has 0 amide bonds. The quantitative estimate of drug-likeness (QED) is 0.771. The Morgan fingerprint density at radius 1 is 0.941 bits per heavy atom. The molecule has 0 radical (unpaired) electrons. The van der Waals surface area contributed by atoms with E-state index in [1.54, 1.807) is 0 Å². The average Bonchev–Trinajstić information content (AvgIpc) is 2.39. The third-order valence-corrected chi connectivity index (χ3v) is 3.05. The molecular weight excluding hydrogens is 230 g/mol. The number of fused-ring (bicyclic) bond motifs is 1. The van der Waals surface area contributed by atoms with Crippen LogP contribution in [0.15, 0.2) is 54.6 Å². The molecule has 17 heavy (non-hydrogen) atoms. The number of anilines is 1. The number of hydrogen-bond acceptors (Lipinski definition) is 2. The van der Waals surface area contributed by atoms with Crippen LogP contribution in [0.5, 0.6) is 5.75 Å². The summed E-state index contributed by atoms with van der Waals surface area (Å²) in [6, 6.07) is 17.8. The molecule has 0 fully saturated rings. The molecule has 0 saturated carbocycles. The Hall–Kier alpha value is -1.87. The molecule has 0 spiro atoms. The first-order valence-electron chi connectivity index (χ1n) is 5.46. The molecule has 1 unspecified atom stereocenters. The van der Waals surface area contributed by atoms with Gasteiger partial charge in [0.2, 0.25) is 0 Å². The number of rotatable bonds is 1. The zero-order valence-corrected chi connectivity index (χ0v) is 9.91. The van der Waals surface area contributed by atoms with Crippen LogP contribution >= 0.6 is 12.2 Å². The van der Waals surface area contributed by atoms with Crippen molar-refractivity contribution in [3.63, 3.8) is 0 Å². The summed E-state index contributed by atoms with van der Waals surface area (Å²) in [7, 11) is 0. The Balaban J connectivity index is 1.98. The molecule has 2 nitrogen and oxygen atoms in total. The maximum atomic E-state index is 5.93. The van der Waals surface area contributed by atoms with Crippen LogP contribution in [0.25, 0.3) is 0 Å². The predicted molar refractivity (Wildman–Crippen MR) is 72.5 cm³/mol. The van der Waals surface area contributed by atoms with E-state index < -0.39 is 0 Å². The molecule has 1 N–H and O–H groups in total. The number of benzene rings is 2. The Morgan fingerprint density at radius 2 is 1.65 bits per heavy atom. The standard InChI is InChI=1S/C14H11NOS/c17-14-13(10-6-2-1-3-7-10)16-12-9-5-4-8-11(12)15-14/h1-9,13H,(H,15,17). The van der Waals surface area contributed by atoms with Gasteiger partial charge in [-0.25, -0.2) is 0 Å². The van der Waals surface area contributed by atoms with Crippen LogP contribution in [0.2, 0.25) is 0 Å². The van der Waals surface area contributed by atoms with Crippen molar-refractivity contribution < 1.29 is 4.74 Å². The van der Waals surface area contributed by atoms with Gasteiger partial charge in [0.15, 0.2) is 6.10 Å². The van der Waals surface area contributed by atoms with Crippen molar-refractivity contribution >= 4 is 22.9 Å². The Kier molecular flexibility index (Phi) is 2.53.